The topological polar surface area (TPSA) is 69.6 Å². The number of hydrogen-bond acceptors (Lipinski definition) is 5. The Bertz CT molecular complexity index is 870. The molecule has 3 rings (SSSR count). The van der Waals surface area contributed by atoms with Crippen LogP contribution in [0.5, 0.6) is 0 Å². The van der Waals surface area contributed by atoms with Crippen molar-refractivity contribution in [2.45, 2.75) is 26.2 Å². The molecule has 0 radical (unpaired) electrons. The van der Waals surface area contributed by atoms with Gasteiger partial charge in [0.1, 0.15) is 12.4 Å². The minimum absolute atomic E-state index is 0.0451. The van der Waals surface area contributed by atoms with Crippen LogP contribution in [0.3, 0.4) is 0 Å². The first-order chi connectivity index (χ1) is 14.0. The Balaban J connectivity index is 1.83. The third-order valence-corrected chi connectivity index (χ3v) is 5.31. The molecule has 0 fully saturated rings. The normalized spacial score (nSPS) is 16.5. The number of carbonyl (C=O) groups excluding carboxylic acids is 2. The van der Waals surface area contributed by atoms with Crippen molar-refractivity contribution in [3.8, 4) is 0 Å². The Kier molecular flexibility index (Phi) is 6.80. The van der Waals surface area contributed by atoms with Crippen molar-refractivity contribution in [1.82, 2.24) is 19.8 Å². The summed E-state index contributed by atoms with van der Waals surface area (Å²) in [5, 5.41) is 0. The maximum atomic E-state index is 13.1. The molecule has 3 heterocycles. The number of aromatic nitrogens is 2. The molecule has 0 aliphatic carbocycles. The molecule has 2 aromatic heterocycles. The predicted molar refractivity (Wildman–Crippen MR) is 113 cm³/mol. The zero-order valence-electron chi connectivity index (χ0n) is 17.5. The number of amides is 2. The lowest BCUT2D eigenvalue weighted by atomic mass is 10.1. The van der Waals surface area contributed by atoms with Gasteiger partial charge < -0.3 is 14.7 Å². The minimum atomic E-state index is -0.147. The van der Waals surface area contributed by atoms with Gasteiger partial charge in [0.15, 0.2) is 0 Å². The highest BCUT2D eigenvalue weighted by Crippen LogP contribution is 2.14. The fourth-order valence-electron chi connectivity index (χ4n) is 3.47. The molecule has 2 aromatic rings. The largest absolute Gasteiger partial charge is 0.360 e. The summed E-state index contributed by atoms with van der Waals surface area (Å²) in [6, 6.07) is 9.57. The van der Waals surface area contributed by atoms with Gasteiger partial charge in [-0.2, -0.15) is 0 Å². The molecule has 0 unspecified atom stereocenters. The molecule has 0 aromatic carbocycles. The molecule has 7 nitrogen and oxygen atoms in total. The van der Waals surface area contributed by atoms with Gasteiger partial charge in [0.05, 0.1) is 5.56 Å². The second-order valence-corrected chi connectivity index (χ2v) is 7.54. The first-order valence-corrected chi connectivity index (χ1v) is 10.1. The molecular formula is C22H29N5O2. The molecule has 0 saturated carbocycles. The van der Waals surface area contributed by atoms with Gasteiger partial charge in [-0.3, -0.25) is 14.6 Å². The van der Waals surface area contributed by atoms with Crippen molar-refractivity contribution in [2.24, 2.45) is 0 Å². The van der Waals surface area contributed by atoms with Gasteiger partial charge >= 0.3 is 0 Å². The Morgan fingerprint density at radius 1 is 1.00 bits per heavy atom. The van der Waals surface area contributed by atoms with Crippen LogP contribution in [0.15, 0.2) is 36.5 Å². The molecule has 0 spiro atoms. The van der Waals surface area contributed by atoms with Crippen LogP contribution in [0.1, 0.15) is 34.6 Å². The van der Waals surface area contributed by atoms with Crippen molar-refractivity contribution in [3.05, 3.63) is 53.5 Å². The fourth-order valence-corrected chi connectivity index (χ4v) is 3.47. The molecular weight excluding hydrogens is 366 g/mol. The Labute approximate surface area is 172 Å². The maximum Gasteiger partial charge on any atom is 0.256 e. The quantitative estimate of drug-likeness (QED) is 0.740. The molecule has 2 amide bonds. The summed E-state index contributed by atoms with van der Waals surface area (Å²) in [5.74, 6) is 0.745. The van der Waals surface area contributed by atoms with E-state index in [-0.39, 0.29) is 18.4 Å². The third-order valence-electron chi connectivity index (χ3n) is 5.31. The van der Waals surface area contributed by atoms with Crippen LogP contribution in [-0.2, 0) is 11.2 Å². The van der Waals surface area contributed by atoms with E-state index < -0.39 is 0 Å². The van der Waals surface area contributed by atoms with Crippen LogP contribution in [-0.4, -0.2) is 71.9 Å². The highest BCUT2D eigenvalue weighted by atomic mass is 16.2. The number of likely N-dealkylation sites (N-methyl/N-ethyl adjacent to an activating group) is 1. The molecule has 0 N–H and O–H groups in total. The van der Waals surface area contributed by atoms with E-state index in [4.69, 9.17) is 4.98 Å². The lowest BCUT2D eigenvalue weighted by Crippen LogP contribution is -2.43. The molecule has 1 aliphatic rings. The monoisotopic (exact) mass is 395 g/mol. The minimum Gasteiger partial charge on any atom is -0.360 e. The van der Waals surface area contributed by atoms with E-state index in [2.05, 4.69) is 9.88 Å². The lowest BCUT2D eigenvalue weighted by Gasteiger charge is -2.27. The molecule has 7 heteroatoms. The number of rotatable bonds is 1. The molecule has 29 heavy (non-hydrogen) atoms. The van der Waals surface area contributed by atoms with E-state index in [1.165, 1.54) is 0 Å². The van der Waals surface area contributed by atoms with Crippen molar-refractivity contribution in [2.75, 3.05) is 45.2 Å². The van der Waals surface area contributed by atoms with E-state index in [1.54, 1.807) is 35.2 Å². The first kappa shape index (κ1) is 20.8. The van der Waals surface area contributed by atoms with E-state index in [9.17, 15) is 9.59 Å². The smallest absolute Gasteiger partial charge is 0.256 e. The number of pyridine rings is 2. The maximum absolute atomic E-state index is 13.1. The number of hydrogen-bond donors (Lipinski definition) is 0. The molecule has 0 atom stereocenters. The van der Waals surface area contributed by atoms with Crippen molar-refractivity contribution in [3.63, 3.8) is 0 Å². The summed E-state index contributed by atoms with van der Waals surface area (Å²) >= 11 is 0. The molecule has 1 aliphatic heterocycles. The average Bonchev–Trinajstić information content (AvgIpc) is 2.72. The van der Waals surface area contributed by atoms with Crippen molar-refractivity contribution in [1.29, 1.82) is 0 Å². The number of fused-ring (bicyclic) bond motifs is 2. The van der Waals surface area contributed by atoms with Crippen molar-refractivity contribution >= 4 is 17.6 Å². The lowest BCUT2D eigenvalue weighted by molar-refractivity contribution is -0.130. The summed E-state index contributed by atoms with van der Waals surface area (Å²) in [6.07, 6.45) is 3.99. The SMILES string of the molecule is Cc1ncccc1C(=O)N1CCCc2cccc(n2)N(C)CCCN(C)C(=O)C1. The van der Waals surface area contributed by atoms with Crippen LogP contribution in [0.2, 0.25) is 0 Å². The van der Waals surface area contributed by atoms with Gasteiger partial charge in [-0.1, -0.05) is 6.07 Å². The second-order valence-electron chi connectivity index (χ2n) is 7.54. The highest BCUT2D eigenvalue weighted by molar-refractivity contribution is 5.97. The summed E-state index contributed by atoms with van der Waals surface area (Å²) in [5.41, 5.74) is 2.22. The number of carbonyl (C=O) groups is 2. The fraction of sp³-hybridized carbons (Fsp3) is 0.455. The standard InChI is InChI=1S/C22H29N5O2/c1-17-19(10-5-12-23-17)22(29)27-15-6-9-18-8-4-11-20(24-18)25(2)13-7-14-26(3)21(28)16-27/h4-5,8,10-12H,6-7,9,13-16H2,1-3H3. The van der Waals surface area contributed by atoms with Crippen molar-refractivity contribution < 1.29 is 9.59 Å². The summed E-state index contributed by atoms with van der Waals surface area (Å²) in [7, 11) is 3.82. The summed E-state index contributed by atoms with van der Waals surface area (Å²) in [6.45, 7) is 3.83. The Morgan fingerprint density at radius 2 is 1.79 bits per heavy atom. The van der Waals surface area contributed by atoms with Crippen LogP contribution in [0.4, 0.5) is 5.82 Å². The molecule has 0 saturated heterocycles. The van der Waals surface area contributed by atoms with Crippen LogP contribution >= 0.6 is 0 Å². The Hall–Kier alpha value is -2.96. The van der Waals surface area contributed by atoms with Gasteiger partial charge in [0.2, 0.25) is 5.91 Å². The van der Waals surface area contributed by atoms with E-state index in [1.807, 2.05) is 32.2 Å². The Morgan fingerprint density at radius 3 is 2.59 bits per heavy atom. The number of anilines is 1. The predicted octanol–water partition coefficient (Wildman–Crippen LogP) is 2.16. The van der Waals surface area contributed by atoms with Gasteiger partial charge in [0.25, 0.3) is 5.91 Å². The molecule has 154 valence electrons. The molecule has 2 bridgehead atoms. The third kappa shape index (κ3) is 5.31. The zero-order valence-corrected chi connectivity index (χ0v) is 17.5. The van der Waals surface area contributed by atoms with Crippen LogP contribution < -0.4 is 4.90 Å². The summed E-state index contributed by atoms with van der Waals surface area (Å²) < 4.78 is 0. The zero-order chi connectivity index (χ0) is 20.8. The summed E-state index contributed by atoms with van der Waals surface area (Å²) in [4.78, 5) is 40.3. The van der Waals surface area contributed by atoms with E-state index in [0.717, 1.165) is 37.3 Å². The van der Waals surface area contributed by atoms with Crippen LogP contribution in [0.25, 0.3) is 0 Å². The number of aryl methyl sites for hydroxylation is 2. The number of nitrogens with zero attached hydrogens (tertiary/aromatic N) is 5. The van der Waals surface area contributed by atoms with Gasteiger partial charge in [-0.05, 0) is 50.5 Å². The van der Waals surface area contributed by atoms with Crippen LogP contribution in [0, 0.1) is 6.92 Å². The van der Waals surface area contributed by atoms with E-state index >= 15 is 0 Å². The average molecular weight is 396 g/mol. The van der Waals surface area contributed by atoms with Gasteiger partial charge in [0, 0.05) is 51.3 Å². The first-order valence-electron chi connectivity index (χ1n) is 10.1. The highest BCUT2D eigenvalue weighted by Gasteiger charge is 2.22. The van der Waals surface area contributed by atoms with Gasteiger partial charge in [-0.25, -0.2) is 4.98 Å². The second kappa shape index (κ2) is 9.49. The van der Waals surface area contributed by atoms with Gasteiger partial charge in [-0.15, -0.1) is 0 Å². The van der Waals surface area contributed by atoms with E-state index in [0.29, 0.717) is 24.3 Å².